The number of benzene rings is 1. The van der Waals surface area contributed by atoms with Crippen molar-refractivity contribution in [1.29, 1.82) is 0 Å². The summed E-state index contributed by atoms with van der Waals surface area (Å²) in [5.74, 6) is -3.10. The summed E-state index contributed by atoms with van der Waals surface area (Å²) < 4.78 is 4.75. The van der Waals surface area contributed by atoms with E-state index in [1.54, 1.807) is 6.07 Å². The van der Waals surface area contributed by atoms with Crippen molar-refractivity contribution in [3.63, 3.8) is 0 Å². The third-order valence-corrected chi connectivity index (χ3v) is 2.24. The van der Waals surface area contributed by atoms with Gasteiger partial charge in [-0.2, -0.15) is 0 Å². The molecule has 0 aliphatic heterocycles. The predicted molar refractivity (Wildman–Crippen MR) is 56.4 cm³/mol. The summed E-state index contributed by atoms with van der Waals surface area (Å²) in [5, 5.41) is 17.9. The number of carboxylic acids is 2. The fourth-order valence-corrected chi connectivity index (χ4v) is 1.57. The third-order valence-electron chi connectivity index (χ3n) is 2.24. The van der Waals surface area contributed by atoms with Gasteiger partial charge in [-0.15, -0.1) is 0 Å². The maximum atomic E-state index is 11.4. The molecule has 0 unspecified atom stereocenters. The molecule has 6 nitrogen and oxygen atoms in total. The predicted octanol–water partition coefficient (Wildman–Crippen LogP) is 1.19. The first kappa shape index (κ1) is 10.9. The molecule has 0 aliphatic carbocycles. The van der Waals surface area contributed by atoms with Crippen LogP contribution in [-0.2, 0) is 0 Å². The molecule has 2 N–H and O–H groups in total. The molecule has 0 bridgehead atoms. The van der Waals surface area contributed by atoms with Crippen LogP contribution in [0.3, 0.4) is 0 Å². The minimum atomic E-state index is -1.62. The van der Waals surface area contributed by atoms with Gasteiger partial charge in [-0.1, -0.05) is 18.2 Å². The zero-order valence-electron chi connectivity index (χ0n) is 8.34. The van der Waals surface area contributed by atoms with Crippen LogP contribution in [-0.4, -0.2) is 22.2 Å². The molecule has 1 aromatic heterocycles. The van der Waals surface area contributed by atoms with E-state index in [1.165, 1.54) is 18.2 Å². The Hall–Kier alpha value is -2.63. The second-order valence-electron chi connectivity index (χ2n) is 3.25. The van der Waals surface area contributed by atoms with Gasteiger partial charge in [-0.25, -0.2) is 14.4 Å². The molecule has 0 aliphatic rings. The van der Waals surface area contributed by atoms with Crippen LogP contribution >= 0.6 is 0 Å². The summed E-state index contributed by atoms with van der Waals surface area (Å²) in [6.07, 6.45) is 0. The zero-order chi connectivity index (χ0) is 12.6. The van der Waals surface area contributed by atoms with Crippen LogP contribution in [0, 0.1) is 0 Å². The van der Waals surface area contributed by atoms with E-state index >= 15 is 0 Å². The van der Waals surface area contributed by atoms with E-state index < -0.39 is 28.7 Å². The van der Waals surface area contributed by atoms with Crippen molar-refractivity contribution in [3.8, 4) is 0 Å². The van der Waals surface area contributed by atoms with Crippen LogP contribution in [0.5, 0.6) is 0 Å². The maximum Gasteiger partial charge on any atom is 0.351 e. The molecular weight excluding hydrogens is 228 g/mol. The molecule has 1 aromatic carbocycles. The monoisotopic (exact) mass is 234 g/mol. The van der Waals surface area contributed by atoms with Crippen LogP contribution in [0.15, 0.2) is 33.5 Å². The Labute approximate surface area is 93.7 Å². The molecule has 0 radical (unpaired) electrons. The Morgan fingerprint density at radius 3 is 2.18 bits per heavy atom. The topological polar surface area (TPSA) is 105 Å². The van der Waals surface area contributed by atoms with Gasteiger partial charge in [0.2, 0.25) is 0 Å². The Bertz CT molecular complexity index is 682. The summed E-state index contributed by atoms with van der Waals surface area (Å²) in [7, 11) is 0. The molecular formula is C11H6O6. The Balaban J connectivity index is 3.04. The van der Waals surface area contributed by atoms with Crippen LogP contribution < -0.4 is 5.63 Å². The highest BCUT2D eigenvalue weighted by Crippen LogP contribution is 2.19. The molecule has 6 heteroatoms. The van der Waals surface area contributed by atoms with Crippen LogP contribution in [0.25, 0.3) is 11.0 Å². The van der Waals surface area contributed by atoms with E-state index in [2.05, 4.69) is 0 Å². The smallest absolute Gasteiger partial charge is 0.351 e. The van der Waals surface area contributed by atoms with Crippen molar-refractivity contribution < 1.29 is 24.2 Å². The fourth-order valence-electron chi connectivity index (χ4n) is 1.57. The SMILES string of the molecule is O=C(O)c1c(C(=O)O)c2ccccc2oc1=O. The van der Waals surface area contributed by atoms with Gasteiger partial charge in [0, 0.05) is 5.39 Å². The number of rotatable bonds is 2. The van der Waals surface area contributed by atoms with Gasteiger partial charge in [0.25, 0.3) is 0 Å². The molecule has 0 fully saturated rings. The van der Waals surface area contributed by atoms with Gasteiger partial charge >= 0.3 is 17.6 Å². The van der Waals surface area contributed by atoms with Gasteiger partial charge in [0.05, 0.1) is 5.56 Å². The lowest BCUT2D eigenvalue weighted by Gasteiger charge is -2.03. The number of aromatic carboxylic acids is 2. The minimum absolute atomic E-state index is 0.0416. The second-order valence-corrected chi connectivity index (χ2v) is 3.25. The number of hydrogen-bond donors (Lipinski definition) is 2. The Morgan fingerprint density at radius 1 is 1.00 bits per heavy atom. The van der Waals surface area contributed by atoms with Crippen LogP contribution in [0.1, 0.15) is 20.7 Å². The van der Waals surface area contributed by atoms with E-state index in [4.69, 9.17) is 14.6 Å². The van der Waals surface area contributed by atoms with Crippen LogP contribution in [0.2, 0.25) is 0 Å². The average Bonchev–Trinajstić information content (AvgIpc) is 2.26. The summed E-state index contributed by atoms with van der Waals surface area (Å²) in [4.78, 5) is 33.3. The van der Waals surface area contributed by atoms with Crippen molar-refractivity contribution in [2.45, 2.75) is 0 Å². The van der Waals surface area contributed by atoms with Gasteiger partial charge in [-0.05, 0) is 6.07 Å². The summed E-state index contributed by atoms with van der Waals surface area (Å²) in [5.41, 5.74) is -2.55. The van der Waals surface area contributed by atoms with E-state index in [9.17, 15) is 14.4 Å². The molecule has 0 spiro atoms. The maximum absolute atomic E-state index is 11.4. The molecule has 17 heavy (non-hydrogen) atoms. The normalized spacial score (nSPS) is 10.4. The summed E-state index contributed by atoms with van der Waals surface area (Å²) >= 11 is 0. The molecule has 0 saturated heterocycles. The van der Waals surface area contributed by atoms with Crippen molar-refractivity contribution in [2.24, 2.45) is 0 Å². The fraction of sp³-hybridized carbons (Fsp3) is 0. The summed E-state index contributed by atoms with van der Waals surface area (Å²) in [6, 6.07) is 5.86. The largest absolute Gasteiger partial charge is 0.478 e. The van der Waals surface area contributed by atoms with Crippen molar-refractivity contribution in [2.75, 3.05) is 0 Å². The molecule has 0 saturated carbocycles. The molecule has 0 amide bonds. The van der Waals surface area contributed by atoms with Gasteiger partial charge in [0.15, 0.2) is 5.56 Å². The first-order chi connectivity index (χ1) is 8.02. The zero-order valence-corrected chi connectivity index (χ0v) is 8.34. The highest BCUT2D eigenvalue weighted by atomic mass is 16.4. The molecule has 86 valence electrons. The quantitative estimate of drug-likeness (QED) is 0.756. The van der Waals surface area contributed by atoms with Gasteiger partial charge in [-0.3, -0.25) is 0 Å². The van der Waals surface area contributed by atoms with E-state index in [0.717, 1.165) is 0 Å². The standard InChI is InChI=1S/C11H6O6/c12-9(13)7-5-3-1-2-4-6(5)17-11(16)8(7)10(14)15/h1-4H,(H,12,13)(H,14,15). The Kier molecular flexibility index (Phi) is 2.40. The average molecular weight is 234 g/mol. The first-order valence-corrected chi connectivity index (χ1v) is 4.55. The van der Waals surface area contributed by atoms with Crippen molar-refractivity contribution in [1.82, 2.24) is 0 Å². The van der Waals surface area contributed by atoms with Gasteiger partial charge < -0.3 is 14.6 Å². The van der Waals surface area contributed by atoms with Crippen molar-refractivity contribution in [3.05, 3.63) is 45.8 Å². The molecule has 0 atom stereocenters. The highest BCUT2D eigenvalue weighted by Gasteiger charge is 2.24. The highest BCUT2D eigenvalue weighted by molar-refractivity contribution is 6.10. The number of carbonyl (C=O) groups is 2. The minimum Gasteiger partial charge on any atom is -0.478 e. The van der Waals surface area contributed by atoms with Crippen LogP contribution in [0.4, 0.5) is 0 Å². The Morgan fingerprint density at radius 2 is 1.59 bits per heavy atom. The molecule has 2 aromatic rings. The van der Waals surface area contributed by atoms with Gasteiger partial charge in [0.1, 0.15) is 5.58 Å². The number of fused-ring (bicyclic) bond motifs is 1. The van der Waals surface area contributed by atoms with Crippen molar-refractivity contribution >= 4 is 22.9 Å². The molecule has 1 heterocycles. The van der Waals surface area contributed by atoms with E-state index in [0.29, 0.717) is 0 Å². The van der Waals surface area contributed by atoms with E-state index in [-0.39, 0.29) is 11.0 Å². The lowest BCUT2D eigenvalue weighted by Crippen LogP contribution is -2.20. The third kappa shape index (κ3) is 1.65. The number of hydrogen-bond acceptors (Lipinski definition) is 4. The second kappa shape index (κ2) is 3.75. The lowest BCUT2D eigenvalue weighted by molar-refractivity contribution is 0.0648. The van der Waals surface area contributed by atoms with E-state index in [1.807, 2.05) is 0 Å². The molecule has 2 rings (SSSR count). The number of carboxylic acid groups (broad SMARTS) is 2. The summed E-state index contributed by atoms with van der Waals surface area (Å²) in [6.45, 7) is 0. The lowest BCUT2D eigenvalue weighted by atomic mass is 10.0. The first-order valence-electron chi connectivity index (χ1n) is 4.55. The number of para-hydroxylation sites is 1.